The van der Waals surface area contributed by atoms with Gasteiger partial charge in [0.05, 0.1) is 24.6 Å². The van der Waals surface area contributed by atoms with Crippen LogP contribution in [0.2, 0.25) is 0 Å². The molecule has 2 heterocycles. The smallest absolute Gasteiger partial charge is 0.230 e. The number of aromatic nitrogens is 2. The Morgan fingerprint density at radius 3 is 2.72 bits per heavy atom. The summed E-state index contributed by atoms with van der Waals surface area (Å²) >= 11 is 0. The number of anilines is 1. The minimum Gasteiger partial charge on any atom is -0.493 e. The molecule has 0 atom stereocenters. The molecule has 2 fully saturated rings. The normalized spacial score (nSPS) is 16.1. The third-order valence-electron chi connectivity index (χ3n) is 6.32. The summed E-state index contributed by atoms with van der Waals surface area (Å²) in [5.41, 5.74) is 0.983. The van der Waals surface area contributed by atoms with Gasteiger partial charge in [0.15, 0.2) is 23.1 Å². The Bertz CT molecular complexity index is 1230. The van der Waals surface area contributed by atoms with E-state index in [1.165, 1.54) is 18.5 Å². The van der Waals surface area contributed by atoms with Crippen LogP contribution in [-0.2, 0) is 4.79 Å². The molecule has 1 aliphatic heterocycles. The molecule has 2 aromatic carbocycles. The first-order chi connectivity index (χ1) is 17.6. The number of carbonyl (C=O) groups excluding carboxylic acids is 1. The zero-order chi connectivity index (χ0) is 24.9. The van der Waals surface area contributed by atoms with Crippen molar-refractivity contribution in [1.82, 2.24) is 20.2 Å². The highest BCUT2D eigenvalue weighted by molar-refractivity contribution is 5.94. The SMILES string of the molecule is COc1cc2c(Oc3ccc(NC(=O)C4CC4)cc3F)ncnc2cc1OCCCN1CCNCC1. The zero-order valence-corrected chi connectivity index (χ0v) is 20.3. The summed E-state index contributed by atoms with van der Waals surface area (Å²) in [6, 6.07) is 7.83. The van der Waals surface area contributed by atoms with Gasteiger partial charge < -0.3 is 29.7 Å². The molecular formula is C26H30FN5O4. The number of nitrogens with one attached hydrogen (secondary N) is 2. The van der Waals surface area contributed by atoms with E-state index in [9.17, 15) is 9.18 Å². The molecule has 0 radical (unpaired) electrons. The molecule has 3 aromatic rings. The lowest BCUT2D eigenvalue weighted by atomic mass is 10.2. The molecule has 0 bridgehead atoms. The molecule has 0 spiro atoms. The largest absolute Gasteiger partial charge is 0.493 e. The van der Waals surface area contributed by atoms with Gasteiger partial charge in [-0.25, -0.2) is 14.4 Å². The fourth-order valence-electron chi connectivity index (χ4n) is 4.15. The van der Waals surface area contributed by atoms with Crippen LogP contribution in [0.5, 0.6) is 23.1 Å². The Kier molecular flexibility index (Phi) is 7.43. The number of methoxy groups -OCH3 is 1. The van der Waals surface area contributed by atoms with E-state index >= 15 is 0 Å². The minimum atomic E-state index is -0.605. The Morgan fingerprint density at radius 2 is 1.97 bits per heavy atom. The average Bonchev–Trinajstić information content (AvgIpc) is 3.74. The van der Waals surface area contributed by atoms with E-state index < -0.39 is 5.82 Å². The summed E-state index contributed by atoms with van der Waals surface area (Å²) in [6.45, 7) is 5.68. The molecule has 1 aromatic heterocycles. The van der Waals surface area contributed by atoms with Crippen LogP contribution in [0.15, 0.2) is 36.7 Å². The zero-order valence-electron chi connectivity index (χ0n) is 20.3. The summed E-state index contributed by atoms with van der Waals surface area (Å²) in [5.74, 6) is 0.627. The maximum Gasteiger partial charge on any atom is 0.230 e. The van der Waals surface area contributed by atoms with Crippen LogP contribution in [0.3, 0.4) is 0 Å². The van der Waals surface area contributed by atoms with Gasteiger partial charge in [0.2, 0.25) is 11.8 Å². The van der Waals surface area contributed by atoms with E-state index in [4.69, 9.17) is 14.2 Å². The molecule has 1 aliphatic carbocycles. The van der Waals surface area contributed by atoms with Crippen molar-refractivity contribution in [3.05, 3.63) is 42.5 Å². The van der Waals surface area contributed by atoms with Crippen molar-refractivity contribution in [2.75, 3.05) is 51.8 Å². The average molecular weight is 496 g/mol. The van der Waals surface area contributed by atoms with Crippen LogP contribution in [0.4, 0.5) is 10.1 Å². The number of hydrogen-bond acceptors (Lipinski definition) is 8. The number of benzene rings is 2. The predicted molar refractivity (Wildman–Crippen MR) is 133 cm³/mol. The molecule has 2 aliphatic rings. The first kappa shape index (κ1) is 24.2. The molecule has 10 heteroatoms. The number of rotatable bonds is 10. The first-order valence-corrected chi connectivity index (χ1v) is 12.3. The van der Waals surface area contributed by atoms with Gasteiger partial charge >= 0.3 is 0 Å². The van der Waals surface area contributed by atoms with Crippen molar-refractivity contribution in [2.45, 2.75) is 19.3 Å². The van der Waals surface area contributed by atoms with Crippen LogP contribution >= 0.6 is 0 Å². The molecule has 1 saturated heterocycles. The Labute approximate surface area is 209 Å². The predicted octanol–water partition coefficient (Wildman–Crippen LogP) is 3.59. The van der Waals surface area contributed by atoms with Crippen molar-refractivity contribution in [1.29, 1.82) is 0 Å². The number of carbonyl (C=O) groups is 1. The van der Waals surface area contributed by atoms with E-state index in [2.05, 4.69) is 25.5 Å². The molecule has 0 unspecified atom stereocenters. The second-order valence-electron chi connectivity index (χ2n) is 9.00. The number of nitrogens with zero attached hydrogens (tertiary/aromatic N) is 3. The summed E-state index contributed by atoms with van der Waals surface area (Å²) in [5, 5.41) is 6.65. The quantitative estimate of drug-likeness (QED) is 0.412. The van der Waals surface area contributed by atoms with Crippen molar-refractivity contribution < 1.29 is 23.4 Å². The monoisotopic (exact) mass is 495 g/mol. The second-order valence-corrected chi connectivity index (χ2v) is 9.00. The summed E-state index contributed by atoms with van der Waals surface area (Å²) in [4.78, 5) is 22.9. The Hall–Kier alpha value is -3.50. The van der Waals surface area contributed by atoms with E-state index in [-0.39, 0.29) is 23.5 Å². The van der Waals surface area contributed by atoms with Gasteiger partial charge in [-0.2, -0.15) is 0 Å². The standard InChI is InChI=1S/C26H30FN5O4/c1-34-23-14-19-21(15-24(23)35-12-2-9-32-10-7-28-8-11-32)29-16-30-26(19)36-22-6-5-18(13-20(22)27)31-25(33)17-3-4-17/h5-6,13-17,28H,2-4,7-12H2,1H3,(H,31,33). The van der Waals surface area contributed by atoms with E-state index in [1.54, 1.807) is 25.3 Å². The van der Waals surface area contributed by atoms with Crippen LogP contribution in [-0.4, -0.2) is 67.2 Å². The van der Waals surface area contributed by atoms with Crippen LogP contribution in [0.1, 0.15) is 19.3 Å². The molecule has 190 valence electrons. The number of fused-ring (bicyclic) bond motifs is 1. The Morgan fingerprint density at radius 1 is 1.14 bits per heavy atom. The minimum absolute atomic E-state index is 0.00775. The van der Waals surface area contributed by atoms with Crippen molar-refractivity contribution >= 4 is 22.5 Å². The van der Waals surface area contributed by atoms with Gasteiger partial charge in [0.25, 0.3) is 0 Å². The van der Waals surface area contributed by atoms with Crippen LogP contribution in [0.25, 0.3) is 10.9 Å². The summed E-state index contributed by atoms with van der Waals surface area (Å²) < 4.78 is 32.1. The van der Waals surface area contributed by atoms with Gasteiger partial charge in [-0.3, -0.25) is 4.79 Å². The fourth-order valence-corrected chi connectivity index (χ4v) is 4.15. The van der Waals surface area contributed by atoms with Crippen molar-refractivity contribution in [3.8, 4) is 23.1 Å². The van der Waals surface area contributed by atoms with Crippen molar-refractivity contribution in [2.24, 2.45) is 5.92 Å². The van der Waals surface area contributed by atoms with Gasteiger partial charge in [-0.15, -0.1) is 0 Å². The van der Waals surface area contributed by atoms with Crippen LogP contribution < -0.4 is 24.8 Å². The number of ether oxygens (including phenoxy) is 3. The fraction of sp³-hybridized carbons (Fsp3) is 0.423. The second kappa shape index (κ2) is 11.0. The summed E-state index contributed by atoms with van der Waals surface area (Å²) in [6.07, 6.45) is 4.02. The number of amides is 1. The van der Waals surface area contributed by atoms with Gasteiger partial charge in [-0.1, -0.05) is 0 Å². The molecule has 2 N–H and O–H groups in total. The highest BCUT2D eigenvalue weighted by Crippen LogP contribution is 2.37. The topological polar surface area (TPSA) is 97.8 Å². The maximum absolute atomic E-state index is 14.7. The molecule has 36 heavy (non-hydrogen) atoms. The number of halogens is 1. The number of piperazine rings is 1. The molecule has 1 amide bonds. The van der Waals surface area contributed by atoms with E-state index in [0.29, 0.717) is 34.7 Å². The van der Waals surface area contributed by atoms with E-state index in [1.807, 2.05) is 0 Å². The molecule has 5 rings (SSSR count). The number of hydrogen-bond donors (Lipinski definition) is 2. The van der Waals surface area contributed by atoms with E-state index in [0.717, 1.165) is 52.0 Å². The maximum atomic E-state index is 14.7. The molecule has 9 nitrogen and oxygen atoms in total. The lowest BCUT2D eigenvalue weighted by molar-refractivity contribution is -0.117. The van der Waals surface area contributed by atoms with Gasteiger partial charge in [0.1, 0.15) is 6.33 Å². The van der Waals surface area contributed by atoms with Crippen LogP contribution in [0, 0.1) is 11.7 Å². The Balaban J connectivity index is 1.27. The van der Waals surface area contributed by atoms with Crippen molar-refractivity contribution in [3.63, 3.8) is 0 Å². The lowest BCUT2D eigenvalue weighted by Gasteiger charge is -2.27. The highest BCUT2D eigenvalue weighted by Gasteiger charge is 2.29. The summed E-state index contributed by atoms with van der Waals surface area (Å²) in [7, 11) is 1.56. The third-order valence-corrected chi connectivity index (χ3v) is 6.32. The first-order valence-electron chi connectivity index (χ1n) is 12.3. The third kappa shape index (κ3) is 5.83. The lowest BCUT2D eigenvalue weighted by Crippen LogP contribution is -2.43. The van der Waals surface area contributed by atoms with Gasteiger partial charge in [-0.05, 0) is 37.5 Å². The molecule has 1 saturated carbocycles. The molecular weight excluding hydrogens is 465 g/mol. The highest BCUT2D eigenvalue weighted by atomic mass is 19.1. The van der Waals surface area contributed by atoms with Gasteiger partial charge in [0, 0.05) is 56.5 Å².